The van der Waals surface area contributed by atoms with Crippen molar-refractivity contribution in [3.05, 3.63) is 24.3 Å². The number of para-hydroxylation sites is 1. The summed E-state index contributed by atoms with van der Waals surface area (Å²) in [6, 6.07) is 5.52. The molecule has 104 valence electrons. The molecule has 0 aliphatic rings. The van der Waals surface area contributed by atoms with Crippen LogP contribution in [0.2, 0.25) is 0 Å². The van der Waals surface area contributed by atoms with Gasteiger partial charge in [0.1, 0.15) is 10.8 Å². The van der Waals surface area contributed by atoms with Gasteiger partial charge in [-0.3, -0.25) is 9.59 Å². The fourth-order valence-electron chi connectivity index (χ4n) is 1.51. The average Bonchev–Trinajstić information content (AvgIpc) is 2.28. The lowest BCUT2D eigenvalue weighted by atomic mass is 10.1. The number of sulfonamides is 1. The average molecular weight is 286 g/mol. The monoisotopic (exact) mass is 286 g/mol. The topological polar surface area (TPSA) is 127 Å². The van der Waals surface area contributed by atoms with E-state index in [0.29, 0.717) is 0 Å². The SMILES string of the molecule is CCC(C(=O)O)C(=O)Nc1ccccc1S(N)(=O)=O. The van der Waals surface area contributed by atoms with Crippen molar-refractivity contribution in [1.29, 1.82) is 0 Å². The molecule has 1 aromatic carbocycles. The molecule has 0 fully saturated rings. The third-order valence-electron chi connectivity index (χ3n) is 2.47. The van der Waals surface area contributed by atoms with Crippen molar-refractivity contribution >= 4 is 27.6 Å². The normalized spacial score (nSPS) is 12.7. The maximum atomic E-state index is 11.7. The van der Waals surface area contributed by atoms with E-state index in [0.717, 1.165) is 0 Å². The van der Waals surface area contributed by atoms with Gasteiger partial charge in [-0.25, -0.2) is 13.6 Å². The molecule has 8 heteroatoms. The van der Waals surface area contributed by atoms with Crippen molar-refractivity contribution in [3.8, 4) is 0 Å². The van der Waals surface area contributed by atoms with Gasteiger partial charge in [0, 0.05) is 0 Å². The minimum absolute atomic E-state index is 0.0327. The highest BCUT2D eigenvalue weighted by Gasteiger charge is 2.25. The first kappa shape index (κ1) is 15.1. The molecule has 0 bridgehead atoms. The Morgan fingerprint density at radius 1 is 1.37 bits per heavy atom. The van der Waals surface area contributed by atoms with Gasteiger partial charge in [-0.2, -0.15) is 0 Å². The number of nitrogens with two attached hydrogens (primary N) is 1. The van der Waals surface area contributed by atoms with Crippen LogP contribution in [0.1, 0.15) is 13.3 Å². The van der Waals surface area contributed by atoms with E-state index in [4.69, 9.17) is 10.2 Å². The van der Waals surface area contributed by atoms with Crippen molar-refractivity contribution in [3.63, 3.8) is 0 Å². The summed E-state index contributed by atoms with van der Waals surface area (Å²) < 4.78 is 22.6. The number of anilines is 1. The Labute approximate surface area is 110 Å². The minimum Gasteiger partial charge on any atom is -0.481 e. The van der Waals surface area contributed by atoms with Crippen LogP contribution in [0.3, 0.4) is 0 Å². The summed E-state index contributed by atoms with van der Waals surface area (Å²) in [5.41, 5.74) is -0.0327. The predicted octanol–water partition coefficient (Wildman–Crippen LogP) is 0.383. The van der Waals surface area contributed by atoms with Crippen LogP contribution >= 0.6 is 0 Å². The van der Waals surface area contributed by atoms with E-state index in [1.165, 1.54) is 24.3 Å². The molecule has 0 radical (unpaired) electrons. The van der Waals surface area contributed by atoms with Crippen molar-refractivity contribution in [2.24, 2.45) is 11.1 Å². The van der Waals surface area contributed by atoms with E-state index in [2.05, 4.69) is 5.32 Å². The Hall–Kier alpha value is -1.93. The van der Waals surface area contributed by atoms with Crippen LogP contribution in [0.5, 0.6) is 0 Å². The first-order valence-electron chi connectivity index (χ1n) is 5.43. The molecule has 0 aliphatic heterocycles. The summed E-state index contributed by atoms with van der Waals surface area (Å²) in [6.07, 6.45) is 0.0959. The number of aliphatic carboxylic acids is 1. The Morgan fingerprint density at radius 3 is 2.42 bits per heavy atom. The van der Waals surface area contributed by atoms with Gasteiger partial charge in [-0.15, -0.1) is 0 Å². The number of benzene rings is 1. The number of carboxylic acid groups (broad SMARTS) is 1. The van der Waals surface area contributed by atoms with Crippen LogP contribution in [0.15, 0.2) is 29.2 Å². The van der Waals surface area contributed by atoms with Gasteiger partial charge < -0.3 is 10.4 Å². The Kier molecular flexibility index (Phi) is 4.62. The van der Waals surface area contributed by atoms with E-state index in [-0.39, 0.29) is 17.0 Å². The molecule has 4 N–H and O–H groups in total. The largest absolute Gasteiger partial charge is 0.481 e. The fourth-order valence-corrected chi connectivity index (χ4v) is 2.20. The molecule has 1 amide bonds. The third kappa shape index (κ3) is 3.76. The Bertz CT molecular complexity index is 597. The van der Waals surface area contributed by atoms with Gasteiger partial charge in [0.2, 0.25) is 15.9 Å². The minimum atomic E-state index is -3.99. The molecular formula is C11H14N2O5S. The Morgan fingerprint density at radius 2 is 1.95 bits per heavy atom. The summed E-state index contributed by atoms with van der Waals surface area (Å²) in [5, 5.41) is 16.1. The number of hydrogen-bond acceptors (Lipinski definition) is 4. The first-order valence-corrected chi connectivity index (χ1v) is 6.97. The highest BCUT2D eigenvalue weighted by molar-refractivity contribution is 7.89. The third-order valence-corrected chi connectivity index (χ3v) is 3.44. The number of nitrogens with one attached hydrogen (secondary N) is 1. The number of hydrogen-bond donors (Lipinski definition) is 3. The molecule has 1 atom stereocenters. The molecule has 0 aliphatic carbocycles. The highest BCUT2D eigenvalue weighted by Crippen LogP contribution is 2.20. The van der Waals surface area contributed by atoms with Crippen molar-refractivity contribution in [1.82, 2.24) is 0 Å². The van der Waals surface area contributed by atoms with E-state index in [1.807, 2.05) is 0 Å². The van der Waals surface area contributed by atoms with E-state index >= 15 is 0 Å². The molecule has 19 heavy (non-hydrogen) atoms. The smallest absolute Gasteiger partial charge is 0.316 e. The van der Waals surface area contributed by atoms with Gasteiger partial charge in [0.05, 0.1) is 5.69 Å². The van der Waals surface area contributed by atoms with Gasteiger partial charge in [0.25, 0.3) is 0 Å². The number of primary sulfonamides is 1. The number of amides is 1. The van der Waals surface area contributed by atoms with Crippen LogP contribution in [0.25, 0.3) is 0 Å². The predicted molar refractivity (Wildman–Crippen MR) is 67.9 cm³/mol. The van der Waals surface area contributed by atoms with Crippen LogP contribution < -0.4 is 10.5 Å². The van der Waals surface area contributed by atoms with Crippen molar-refractivity contribution in [2.45, 2.75) is 18.2 Å². The van der Waals surface area contributed by atoms with Gasteiger partial charge in [-0.05, 0) is 18.6 Å². The van der Waals surface area contributed by atoms with Crippen LogP contribution in [-0.4, -0.2) is 25.4 Å². The van der Waals surface area contributed by atoms with Gasteiger partial charge in [-0.1, -0.05) is 19.1 Å². The summed E-state index contributed by atoms with van der Waals surface area (Å²) in [6.45, 7) is 1.55. The second-order valence-electron chi connectivity index (χ2n) is 3.83. The molecule has 0 aromatic heterocycles. The molecule has 1 rings (SSSR count). The fraction of sp³-hybridized carbons (Fsp3) is 0.273. The standard InChI is InChI=1S/C11H14N2O5S/c1-2-7(11(15)16)10(14)13-8-5-3-4-6-9(8)19(12,17)18/h3-7H,2H2,1H3,(H,13,14)(H,15,16)(H2,12,17,18). The zero-order valence-corrected chi connectivity index (χ0v) is 11.0. The maximum absolute atomic E-state index is 11.7. The molecule has 0 saturated carbocycles. The molecule has 1 unspecified atom stereocenters. The van der Waals surface area contributed by atoms with Crippen molar-refractivity contribution in [2.75, 3.05) is 5.32 Å². The van der Waals surface area contributed by atoms with Gasteiger partial charge in [0.15, 0.2) is 0 Å². The number of carbonyl (C=O) groups excluding carboxylic acids is 1. The number of carboxylic acids is 1. The molecule has 0 spiro atoms. The number of rotatable bonds is 5. The number of carbonyl (C=O) groups is 2. The van der Waals surface area contributed by atoms with E-state index < -0.39 is 27.8 Å². The first-order chi connectivity index (χ1) is 8.77. The zero-order valence-electron chi connectivity index (χ0n) is 10.2. The van der Waals surface area contributed by atoms with E-state index in [9.17, 15) is 18.0 Å². The summed E-state index contributed by atoms with van der Waals surface area (Å²) in [5.74, 6) is -3.30. The van der Waals surface area contributed by atoms with Crippen LogP contribution in [0, 0.1) is 5.92 Å². The van der Waals surface area contributed by atoms with E-state index in [1.54, 1.807) is 6.92 Å². The maximum Gasteiger partial charge on any atom is 0.316 e. The quantitative estimate of drug-likeness (QED) is 0.674. The second kappa shape index (κ2) is 5.81. The molecule has 0 saturated heterocycles. The molecular weight excluding hydrogens is 272 g/mol. The summed E-state index contributed by atoms with van der Waals surface area (Å²) in [7, 11) is -3.99. The second-order valence-corrected chi connectivity index (χ2v) is 5.36. The Balaban J connectivity index is 3.07. The summed E-state index contributed by atoms with van der Waals surface area (Å²) >= 11 is 0. The van der Waals surface area contributed by atoms with Crippen molar-refractivity contribution < 1.29 is 23.1 Å². The molecule has 7 nitrogen and oxygen atoms in total. The lowest BCUT2D eigenvalue weighted by Gasteiger charge is -2.13. The lowest BCUT2D eigenvalue weighted by molar-refractivity contribution is -0.145. The van der Waals surface area contributed by atoms with Crippen LogP contribution in [0.4, 0.5) is 5.69 Å². The molecule has 1 aromatic rings. The van der Waals surface area contributed by atoms with Crippen LogP contribution in [-0.2, 0) is 19.6 Å². The highest BCUT2D eigenvalue weighted by atomic mass is 32.2. The summed E-state index contributed by atoms with van der Waals surface area (Å²) in [4.78, 5) is 22.3. The lowest BCUT2D eigenvalue weighted by Crippen LogP contribution is -2.29. The van der Waals surface area contributed by atoms with Gasteiger partial charge >= 0.3 is 5.97 Å². The molecule has 0 heterocycles. The zero-order chi connectivity index (χ0) is 14.6.